The molecule has 0 aromatic heterocycles. The van der Waals surface area contributed by atoms with Gasteiger partial charge in [-0.1, -0.05) is 18.2 Å². The third-order valence-electron chi connectivity index (χ3n) is 3.90. The van der Waals surface area contributed by atoms with Crippen LogP contribution < -0.4 is 15.5 Å². The highest BCUT2D eigenvalue weighted by atomic mass is 15.3. The molecule has 0 radical (unpaired) electrons. The molecular weight excluding hydrogens is 260 g/mol. The summed E-state index contributed by atoms with van der Waals surface area (Å²) in [5, 5.41) is 9.02. The van der Waals surface area contributed by atoms with Gasteiger partial charge in [0.15, 0.2) is 0 Å². The predicted molar refractivity (Wildman–Crippen MR) is 86.4 cm³/mol. The average molecular weight is 278 g/mol. The lowest BCUT2D eigenvalue weighted by molar-refractivity contribution is 0.654. The summed E-state index contributed by atoms with van der Waals surface area (Å²) in [4.78, 5) is 4.64. The molecule has 2 N–H and O–H groups in total. The highest BCUT2D eigenvalue weighted by Gasteiger charge is 2.19. The van der Waals surface area contributed by atoms with E-state index in [0.29, 0.717) is 5.56 Å². The van der Waals surface area contributed by atoms with Crippen LogP contribution in [-0.4, -0.2) is 26.2 Å². The third kappa shape index (κ3) is 2.77. The van der Waals surface area contributed by atoms with E-state index in [-0.39, 0.29) is 0 Å². The van der Waals surface area contributed by atoms with Crippen molar-refractivity contribution < 1.29 is 0 Å². The Morgan fingerprint density at radius 3 is 2.24 bits per heavy atom. The number of hydrogen-bond acceptors (Lipinski definition) is 4. The number of para-hydroxylation sites is 1. The second-order valence-corrected chi connectivity index (χ2v) is 5.20. The van der Waals surface area contributed by atoms with Crippen LogP contribution in [0.1, 0.15) is 5.56 Å². The van der Waals surface area contributed by atoms with E-state index in [2.05, 4.69) is 40.1 Å². The topological polar surface area (TPSA) is 56.3 Å². The summed E-state index contributed by atoms with van der Waals surface area (Å²) in [6.07, 6.45) is 0. The molecule has 4 nitrogen and oxygen atoms in total. The maximum absolute atomic E-state index is 9.02. The molecule has 0 saturated carbocycles. The first kappa shape index (κ1) is 13.3. The number of piperazine rings is 1. The maximum atomic E-state index is 9.02. The van der Waals surface area contributed by atoms with Crippen molar-refractivity contribution in [1.29, 1.82) is 5.26 Å². The average Bonchev–Trinajstić information content (AvgIpc) is 2.56. The Morgan fingerprint density at radius 1 is 0.905 bits per heavy atom. The number of nitrogen functional groups attached to an aromatic ring is 1. The zero-order valence-electron chi connectivity index (χ0n) is 11.9. The fourth-order valence-electron chi connectivity index (χ4n) is 2.73. The molecule has 2 aromatic rings. The van der Waals surface area contributed by atoms with Crippen molar-refractivity contribution in [3.05, 3.63) is 54.1 Å². The Kier molecular flexibility index (Phi) is 3.65. The molecule has 1 aliphatic rings. The van der Waals surface area contributed by atoms with Gasteiger partial charge in [-0.3, -0.25) is 0 Å². The van der Waals surface area contributed by atoms with Crippen molar-refractivity contribution in [2.45, 2.75) is 0 Å². The summed E-state index contributed by atoms with van der Waals surface area (Å²) in [5.41, 5.74) is 9.69. The molecule has 1 heterocycles. The summed E-state index contributed by atoms with van der Waals surface area (Å²) in [6, 6.07) is 18.1. The normalized spacial score (nSPS) is 14.8. The Morgan fingerprint density at radius 2 is 1.57 bits per heavy atom. The van der Waals surface area contributed by atoms with Gasteiger partial charge < -0.3 is 15.5 Å². The molecule has 0 atom stereocenters. The van der Waals surface area contributed by atoms with Crippen molar-refractivity contribution in [3.8, 4) is 6.07 Å². The summed E-state index contributed by atoms with van der Waals surface area (Å²) >= 11 is 0. The minimum absolute atomic E-state index is 0.657. The fraction of sp³-hybridized carbons (Fsp3) is 0.235. The first-order valence-electron chi connectivity index (χ1n) is 7.12. The molecule has 4 heteroatoms. The van der Waals surface area contributed by atoms with E-state index in [0.717, 1.165) is 37.6 Å². The summed E-state index contributed by atoms with van der Waals surface area (Å²) in [7, 11) is 0. The zero-order chi connectivity index (χ0) is 14.7. The second kappa shape index (κ2) is 5.76. The summed E-state index contributed by atoms with van der Waals surface area (Å²) in [5.74, 6) is 0. The first-order valence-corrected chi connectivity index (χ1v) is 7.12. The van der Waals surface area contributed by atoms with E-state index in [4.69, 9.17) is 11.0 Å². The molecule has 21 heavy (non-hydrogen) atoms. The van der Waals surface area contributed by atoms with Crippen LogP contribution in [0.5, 0.6) is 0 Å². The largest absolute Gasteiger partial charge is 0.397 e. The van der Waals surface area contributed by atoms with Crippen LogP contribution in [0.15, 0.2) is 48.5 Å². The maximum Gasteiger partial charge on any atom is 0.0992 e. The number of nitrogens with zero attached hydrogens (tertiary/aromatic N) is 3. The van der Waals surface area contributed by atoms with Gasteiger partial charge in [-0.15, -0.1) is 0 Å². The van der Waals surface area contributed by atoms with E-state index in [1.807, 2.05) is 18.2 Å². The monoisotopic (exact) mass is 278 g/mol. The molecule has 0 bridgehead atoms. The lowest BCUT2D eigenvalue weighted by atomic mass is 10.1. The molecule has 0 amide bonds. The van der Waals surface area contributed by atoms with Crippen molar-refractivity contribution >= 4 is 17.1 Å². The van der Waals surface area contributed by atoms with E-state index in [1.165, 1.54) is 5.69 Å². The molecule has 0 aliphatic carbocycles. The molecule has 2 aromatic carbocycles. The van der Waals surface area contributed by atoms with Gasteiger partial charge in [-0.25, -0.2) is 0 Å². The van der Waals surface area contributed by atoms with Gasteiger partial charge in [0, 0.05) is 31.9 Å². The van der Waals surface area contributed by atoms with E-state index >= 15 is 0 Å². The minimum atomic E-state index is 0.657. The molecule has 0 spiro atoms. The van der Waals surface area contributed by atoms with Gasteiger partial charge in [0.05, 0.1) is 23.0 Å². The number of anilines is 3. The van der Waals surface area contributed by atoms with Crippen molar-refractivity contribution in [2.75, 3.05) is 41.7 Å². The van der Waals surface area contributed by atoms with Crippen LogP contribution in [0.3, 0.4) is 0 Å². The lowest BCUT2D eigenvalue weighted by Crippen LogP contribution is -2.46. The van der Waals surface area contributed by atoms with Crippen LogP contribution in [0, 0.1) is 11.3 Å². The number of nitriles is 1. The molecular formula is C17H18N4. The van der Waals surface area contributed by atoms with Crippen molar-refractivity contribution in [2.24, 2.45) is 0 Å². The van der Waals surface area contributed by atoms with Gasteiger partial charge in [0.1, 0.15) is 0 Å². The van der Waals surface area contributed by atoms with Gasteiger partial charge >= 0.3 is 0 Å². The zero-order valence-corrected chi connectivity index (χ0v) is 11.9. The van der Waals surface area contributed by atoms with Crippen molar-refractivity contribution in [1.82, 2.24) is 0 Å². The third-order valence-corrected chi connectivity index (χ3v) is 3.90. The summed E-state index contributed by atoms with van der Waals surface area (Å²) < 4.78 is 0. The smallest absolute Gasteiger partial charge is 0.0992 e. The molecule has 3 rings (SSSR count). The van der Waals surface area contributed by atoms with Crippen LogP contribution in [-0.2, 0) is 0 Å². The number of benzene rings is 2. The Hall–Kier alpha value is -2.67. The second-order valence-electron chi connectivity index (χ2n) is 5.20. The quantitative estimate of drug-likeness (QED) is 0.857. The summed E-state index contributed by atoms with van der Waals surface area (Å²) in [6.45, 7) is 3.74. The fourth-order valence-corrected chi connectivity index (χ4v) is 2.73. The highest BCUT2D eigenvalue weighted by Crippen LogP contribution is 2.26. The van der Waals surface area contributed by atoms with E-state index < -0.39 is 0 Å². The Balaban J connectivity index is 1.73. The Labute approximate surface area is 125 Å². The SMILES string of the molecule is N#Cc1ccc(N)c(N2CCN(c3ccccc3)CC2)c1. The molecule has 0 unspecified atom stereocenters. The molecule has 1 aliphatic heterocycles. The van der Waals surface area contributed by atoms with Crippen LogP contribution in [0.25, 0.3) is 0 Å². The molecule has 1 saturated heterocycles. The minimum Gasteiger partial charge on any atom is -0.397 e. The van der Waals surface area contributed by atoms with Gasteiger partial charge in [-0.05, 0) is 30.3 Å². The number of hydrogen-bond donors (Lipinski definition) is 1. The van der Waals surface area contributed by atoms with Crippen molar-refractivity contribution in [3.63, 3.8) is 0 Å². The van der Waals surface area contributed by atoms with Gasteiger partial charge in [-0.2, -0.15) is 5.26 Å². The van der Waals surface area contributed by atoms with Crippen LogP contribution in [0.4, 0.5) is 17.1 Å². The standard InChI is InChI=1S/C17H18N4/c18-13-14-6-7-16(19)17(12-14)21-10-8-20(9-11-21)15-4-2-1-3-5-15/h1-7,12H,8-11,19H2. The van der Waals surface area contributed by atoms with Gasteiger partial charge in [0.2, 0.25) is 0 Å². The number of nitrogens with two attached hydrogens (primary N) is 1. The molecule has 1 fully saturated rings. The molecule has 106 valence electrons. The van der Waals surface area contributed by atoms with Crippen LogP contribution in [0.2, 0.25) is 0 Å². The van der Waals surface area contributed by atoms with Crippen LogP contribution >= 0.6 is 0 Å². The van der Waals surface area contributed by atoms with E-state index in [1.54, 1.807) is 6.07 Å². The predicted octanol–water partition coefficient (Wildman–Crippen LogP) is 2.47. The Bertz CT molecular complexity index is 652. The van der Waals surface area contributed by atoms with E-state index in [9.17, 15) is 0 Å². The highest BCUT2D eigenvalue weighted by molar-refractivity contribution is 5.70. The number of rotatable bonds is 2. The first-order chi connectivity index (χ1) is 10.3. The lowest BCUT2D eigenvalue weighted by Gasteiger charge is -2.37. The van der Waals surface area contributed by atoms with Gasteiger partial charge in [0.25, 0.3) is 0 Å².